The first-order valence-electron chi connectivity index (χ1n) is 8.32. The second-order valence-corrected chi connectivity index (χ2v) is 6.93. The molecule has 0 spiro atoms. The highest BCUT2D eigenvalue weighted by molar-refractivity contribution is 5.78. The fourth-order valence-corrected chi connectivity index (χ4v) is 3.51. The Balaban J connectivity index is 1.63. The average Bonchev–Trinajstić information content (AvgIpc) is 2.42. The summed E-state index contributed by atoms with van der Waals surface area (Å²) in [6, 6.07) is 0.420. The molecule has 0 radical (unpaired) electrons. The summed E-state index contributed by atoms with van der Waals surface area (Å²) in [5.41, 5.74) is 0. The van der Waals surface area contributed by atoms with Crippen molar-refractivity contribution in [1.82, 2.24) is 15.5 Å². The van der Waals surface area contributed by atoms with Crippen LogP contribution in [0, 0.1) is 11.8 Å². The predicted molar refractivity (Wildman–Crippen MR) is 82.7 cm³/mol. The van der Waals surface area contributed by atoms with Gasteiger partial charge in [0, 0.05) is 12.6 Å². The number of nitrogens with zero attached hydrogens (tertiary/aromatic N) is 1. The van der Waals surface area contributed by atoms with Gasteiger partial charge in [0.1, 0.15) is 0 Å². The van der Waals surface area contributed by atoms with E-state index in [1.807, 2.05) is 0 Å². The van der Waals surface area contributed by atoms with E-state index in [-0.39, 0.29) is 5.91 Å². The molecule has 1 saturated carbocycles. The molecule has 4 nitrogen and oxygen atoms in total. The summed E-state index contributed by atoms with van der Waals surface area (Å²) in [5.74, 6) is 1.75. The van der Waals surface area contributed by atoms with Gasteiger partial charge in [0.05, 0.1) is 6.54 Å². The van der Waals surface area contributed by atoms with Crippen LogP contribution in [0.3, 0.4) is 0 Å². The van der Waals surface area contributed by atoms with Crippen molar-refractivity contribution in [2.24, 2.45) is 11.8 Å². The van der Waals surface area contributed by atoms with Crippen LogP contribution in [0.25, 0.3) is 0 Å². The summed E-state index contributed by atoms with van der Waals surface area (Å²) >= 11 is 0. The van der Waals surface area contributed by atoms with Gasteiger partial charge in [0.15, 0.2) is 0 Å². The van der Waals surface area contributed by atoms with Gasteiger partial charge in [-0.2, -0.15) is 0 Å². The Hall–Kier alpha value is -0.610. The number of amides is 1. The maximum absolute atomic E-state index is 12.1. The Morgan fingerprint density at radius 2 is 2.00 bits per heavy atom. The molecule has 0 bridgehead atoms. The van der Waals surface area contributed by atoms with Crippen LogP contribution in [-0.2, 0) is 4.79 Å². The molecule has 2 rings (SSSR count). The highest BCUT2D eigenvalue weighted by Crippen LogP contribution is 2.23. The van der Waals surface area contributed by atoms with E-state index in [4.69, 9.17) is 0 Å². The van der Waals surface area contributed by atoms with E-state index in [0.29, 0.717) is 18.5 Å². The fourth-order valence-electron chi connectivity index (χ4n) is 3.51. The molecule has 1 heterocycles. The van der Waals surface area contributed by atoms with Crippen molar-refractivity contribution in [2.45, 2.75) is 51.5 Å². The van der Waals surface area contributed by atoms with E-state index in [1.54, 1.807) is 0 Å². The monoisotopic (exact) mass is 281 g/mol. The zero-order chi connectivity index (χ0) is 14.4. The van der Waals surface area contributed by atoms with Gasteiger partial charge < -0.3 is 10.6 Å². The Morgan fingerprint density at radius 3 is 2.65 bits per heavy atom. The van der Waals surface area contributed by atoms with E-state index >= 15 is 0 Å². The van der Waals surface area contributed by atoms with Crippen LogP contribution in [0.5, 0.6) is 0 Å². The molecule has 2 N–H and O–H groups in total. The van der Waals surface area contributed by atoms with E-state index in [0.717, 1.165) is 38.4 Å². The van der Waals surface area contributed by atoms with Gasteiger partial charge in [-0.1, -0.05) is 6.92 Å². The number of rotatable bonds is 5. The Morgan fingerprint density at radius 1 is 1.25 bits per heavy atom. The Bertz CT molecular complexity index is 294. The number of nitrogens with one attached hydrogen (secondary N) is 2. The van der Waals surface area contributed by atoms with Crippen LogP contribution in [0.4, 0.5) is 0 Å². The van der Waals surface area contributed by atoms with Crippen molar-refractivity contribution in [1.29, 1.82) is 0 Å². The van der Waals surface area contributed by atoms with Crippen LogP contribution >= 0.6 is 0 Å². The lowest BCUT2D eigenvalue weighted by Gasteiger charge is -2.29. The molecular weight excluding hydrogens is 250 g/mol. The maximum atomic E-state index is 12.1. The highest BCUT2D eigenvalue weighted by Gasteiger charge is 2.21. The zero-order valence-corrected chi connectivity index (χ0v) is 13.2. The van der Waals surface area contributed by atoms with E-state index in [9.17, 15) is 4.79 Å². The lowest BCUT2D eigenvalue weighted by atomic mass is 9.87. The molecule has 0 aromatic carbocycles. The van der Waals surface area contributed by atoms with Gasteiger partial charge in [0.25, 0.3) is 0 Å². The summed E-state index contributed by atoms with van der Waals surface area (Å²) in [5, 5.41) is 6.65. The Kier molecular flexibility index (Phi) is 6.30. The van der Waals surface area contributed by atoms with Gasteiger partial charge in [-0.3, -0.25) is 9.69 Å². The minimum atomic E-state index is 0.204. The molecule has 20 heavy (non-hydrogen) atoms. The van der Waals surface area contributed by atoms with Crippen LogP contribution < -0.4 is 10.6 Å². The topological polar surface area (TPSA) is 44.4 Å². The molecule has 2 fully saturated rings. The van der Waals surface area contributed by atoms with Gasteiger partial charge in [-0.05, 0) is 70.5 Å². The van der Waals surface area contributed by atoms with Crippen LogP contribution in [-0.4, -0.2) is 50.1 Å². The van der Waals surface area contributed by atoms with Crippen molar-refractivity contribution in [2.75, 3.05) is 33.2 Å². The fraction of sp³-hybridized carbons (Fsp3) is 0.938. The number of carbonyl (C=O) groups excluding carboxylic acids is 1. The van der Waals surface area contributed by atoms with Crippen LogP contribution in [0.1, 0.15) is 45.4 Å². The first kappa shape index (κ1) is 15.8. The molecule has 1 amide bonds. The van der Waals surface area contributed by atoms with Crippen molar-refractivity contribution in [3.63, 3.8) is 0 Å². The number of likely N-dealkylation sites (N-methyl/N-ethyl adjacent to an activating group) is 1. The first-order valence-corrected chi connectivity index (χ1v) is 8.32. The summed E-state index contributed by atoms with van der Waals surface area (Å²) in [6.45, 7) is 6.14. The Labute approximate surface area is 123 Å². The minimum absolute atomic E-state index is 0.204. The summed E-state index contributed by atoms with van der Waals surface area (Å²) < 4.78 is 0. The minimum Gasteiger partial charge on any atom is -0.352 e. The number of hydrogen-bond donors (Lipinski definition) is 2. The largest absolute Gasteiger partial charge is 0.352 e. The van der Waals surface area contributed by atoms with E-state index < -0.39 is 0 Å². The third-order valence-corrected chi connectivity index (χ3v) is 4.76. The molecule has 1 atom stereocenters. The summed E-state index contributed by atoms with van der Waals surface area (Å²) in [6.07, 6.45) is 7.39. The maximum Gasteiger partial charge on any atom is 0.234 e. The normalized spacial score (nSPS) is 31.2. The lowest BCUT2D eigenvalue weighted by Crippen LogP contribution is -2.44. The standard InChI is InChI=1S/C16H31N3O/c1-13-5-7-15(8-6-13)18-16(20)12-19(2)11-14-4-3-9-17-10-14/h13-15,17H,3-12H2,1-2H3,(H,18,20). The van der Waals surface area contributed by atoms with Crippen molar-refractivity contribution in [3.8, 4) is 0 Å². The lowest BCUT2D eigenvalue weighted by molar-refractivity contribution is -0.123. The third-order valence-electron chi connectivity index (χ3n) is 4.76. The van der Waals surface area contributed by atoms with Crippen LogP contribution in [0.2, 0.25) is 0 Å². The highest BCUT2D eigenvalue weighted by atomic mass is 16.2. The molecule has 4 heteroatoms. The van der Waals surface area contributed by atoms with Crippen molar-refractivity contribution in [3.05, 3.63) is 0 Å². The molecule has 1 aliphatic carbocycles. The second kappa shape index (κ2) is 7.99. The molecule has 1 unspecified atom stereocenters. The average molecular weight is 281 g/mol. The summed E-state index contributed by atoms with van der Waals surface area (Å²) in [7, 11) is 2.07. The van der Waals surface area contributed by atoms with Gasteiger partial charge in [-0.25, -0.2) is 0 Å². The van der Waals surface area contributed by atoms with Crippen molar-refractivity contribution >= 4 is 5.91 Å². The second-order valence-electron chi connectivity index (χ2n) is 6.93. The van der Waals surface area contributed by atoms with Gasteiger partial charge >= 0.3 is 0 Å². The molecule has 1 saturated heterocycles. The molecular formula is C16H31N3O. The van der Waals surface area contributed by atoms with Crippen molar-refractivity contribution < 1.29 is 4.79 Å². The smallest absolute Gasteiger partial charge is 0.234 e. The molecule has 1 aliphatic heterocycles. The van der Waals surface area contributed by atoms with E-state index in [1.165, 1.54) is 25.7 Å². The molecule has 2 aliphatic rings. The molecule has 0 aromatic heterocycles. The number of carbonyl (C=O) groups is 1. The van der Waals surface area contributed by atoms with Gasteiger partial charge in [0.2, 0.25) is 5.91 Å². The third kappa shape index (κ3) is 5.41. The van der Waals surface area contributed by atoms with Crippen LogP contribution in [0.15, 0.2) is 0 Å². The summed E-state index contributed by atoms with van der Waals surface area (Å²) in [4.78, 5) is 14.3. The number of hydrogen-bond acceptors (Lipinski definition) is 3. The van der Waals surface area contributed by atoms with E-state index in [2.05, 4.69) is 29.5 Å². The number of piperidine rings is 1. The van der Waals surface area contributed by atoms with Gasteiger partial charge in [-0.15, -0.1) is 0 Å². The molecule has 116 valence electrons. The zero-order valence-electron chi connectivity index (χ0n) is 13.2. The quantitative estimate of drug-likeness (QED) is 0.805. The predicted octanol–water partition coefficient (Wildman–Crippen LogP) is 1.61. The SMILES string of the molecule is CC1CCC(NC(=O)CN(C)CC2CCCNC2)CC1. The molecule has 0 aromatic rings. The first-order chi connectivity index (χ1) is 9.63.